The fraction of sp³-hybridized carbons (Fsp3) is 0.346. The van der Waals surface area contributed by atoms with Gasteiger partial charge in [-0.1, -0.05) is 42.5 Å². The van der Waals surface area contributed by atoms with Crippen LogP contribution in [-0.4, -0.2) is 45.6 Å². The molecule has 3 aromatic rings. The molecule has 0 aliphatic carbocycles. The Balaban J connectivity index is 1.68. The lowest BCUT2D eigenvalue weighted by Crippen LogP contribution is -2.47. The van der Waals surface area contributed by atoms with E-state index in [0.717, 1.165) is 11.1 Å². The molecule has 2 heterocycles. The Labute approximate surface area is 193 Å². The number of carbonyl (C=O) groups is 2. The highest BCUT2D eigenvalue weighted by Crippen LogP contribution is 2.38. The first-order chi connectivity index (χ1) is 15.8. The van der Waals surface area contributed by atoms with Crippen molar-refractivity contribution in [3.05, 3.63) is 77.9 Å². The summed E-state index contributed by atoms with van der Waals surface area (Å²) in [6.45, 7) is 4.59. The molecule has 0 radical (unpaired) electrons. The zero-order valence-electron chi connectivity index (χ0n) is 19.2. The van der Waals surface area contributed by atoms with Crippen LogP contribution in [-0.2, 0) is 18.3 Å². The van der Waals surface area contributed by atoms with Crippen LogP contribution < -0.4 is 5.32 Å². The second-order valence-corrected chi connectivity index (χ2v) is 9.07. The molecule has 1 atom stereocenters. The van der Waals surface area contributed by atoms with Crippen LogP contribution >= 0.6 is 0 Å². The Kier molecular flexibility index (Phi) is 6.31. The third-order valence-corrected chi connectivity index (χ3v) is 6.19. The first-order valence-electron chi connectivity index (χ1n) is 11.2. The highest BCUT2D eigenvalue weighted by molar-refractivity contribution is 5.94. The van der Waals surface area contributed by atoms with Crippen molar-refractivity contribution in [2.45, 2.75) is 32.7 Å². The number of halogens is 1. The molecule has 2 amide bonds. The van der Waals surface area contributed by atoms with Gasteiger partial charge in [-0.15, -0.1) is 0 Å². The van der Waals surface area contributed by atoms with Gasteiger partial charge in [0.25, 0.3) is 5.91 Å². The normalized spacial score (nSPS) is 18.0. The molecule has 1 aliphatic heterocycles. The van der Waals surface area contributed by atoms with Crippen molar-refractivity contribution in [3.63, 3.8) is 0 Å². The van der Waals surface area contributed by atoms with Gasteiger partial charge in [0.1, 0.15) is 11.5 Å². The average molecular weight is 449 g/mol. The van der Waals surface area contributed by atoms with Gasteiger partial charge in [-0.2, -0.15) is 5.10 Å². The lowest BCUT2D eigenvalue weighted by molar-refractivity contribution is -0.130. The van der Waals surface area contributed by atoms with Gasteiger partial charge in [0.05, 0.1) is 5.41 Å². The quantitative estimate of drug-likeness (QED) is 0.623. The third-order valence-electron chi connectivity index (χ3n) is 6.19. The lowest BCUT2D eigenvalue weighted by Gasteiger charge is -2.30. The Morgan fingerprint density at radius 3 is 2.45 bits per heavy atom. The molecule has 1 saturated heterocycles. The Hall–Kier alpha value is -3.48. The molecule has 6 nitrogen and oxygen atoms in total. The predicted molar refractivity (Wildman–Crippen MR) is 125 cm³/mol. The molecule has 4 rings (SSSR count). The summed E-state index contributed by atoms with van der Waals surface area (Å²) in [6, 6.07) is 15.9. The SMILES string of the molecule is CC(C)NC(=O)[C@@]1(Cc2ccccc2-c2ccccc2F)CCN(C(=O)c2ccn(C)n2)C1. The maximum Gasteiger partial charge on any atom is 0.274 e. The Bertz CT molecular complexity index is 1170. The van der Waals surface area contributed by atoms with Gasteiger partial charge < -0.3 is 10.2 Å². The van der Waals surface area contributed by atoms with Crippen molar-refractivity contribution < 1.29 is 14.0 Å². The molecule has 2 aromatic carbocycles. The fourth-order valence-electron chi connectivity index (χ4n) is 4.54. The maximum absolute atomic E-state index is 14.6. The summed E-state index contributed by atoms with van der Waals surface area (Å²) in [5.41, 5.74) is 1.71. The summed E-state index contributed by atoms with van der Waals surface area (Å²) in [4.78, 5) is 28.2. The molecule has 33 heavy (non-hydrogen) atoms. The van der Waals surface area contributed by atoms with Crippen LogP contribution in [0.15, 0.2) is 60.8 Å². The highest BCUT2D eigenvalue weighted by atomic mass is 19.1. The standard InChI is InChI=1S/C26H29FN4O2/c1-18(2)28-25(33)26(13-15-31(17-26)24(32)23-12-14-30(3)29-23)16-19-8-4-5-9-20(19)21-10-6-7-11-22(21)27/h4-12,14,18H,13,15-17H2,1-3H3,(H,28,33)/t26-/m1/s1. The van der Waals surface area contributed by atoms with Crippen LogP contribution in [0, 0.1) is 11.2 Å². The number of aryl methyl sites for hydroxylation is 1. The van der Waals surface area contributed by atoms with Crippen molar-refractivity contribution >= 4 is 11.8 Å². The number of hydrogen-bond donors (Lipinski definition) is 1. The fourth-order valence-corrected chi connectivity index (χ4v) is 4.54. The minimum absolute atomic E-state index is 0.0308. The molecule has 7 heteroatoms. The maximum atomic E-state index is 14.6. The van der Waals surface area contributed by atoms with Crippen molar-refractivity contribution in [3.8, 4) is 11.1 Å². The van der Waals surface area contributed by atoms with Crippen LogP contribution in [0.25, 0.3) is 11.1 Å². The number of nitrogens with one attached hydrogen (secondary N) is 1. The molecule has 0 bridgehead atoms. The molecule has 1 fully saturated rings. The van der Waals surface area contributed by atoms with Gasteiger partial charge in [-0.05, 0) is 49.9 Å². The number of benzene rings is 2. The van der Waals surface area contributed by atoms with Crippen molar-refractivity contribution in [2.75, 3.05) is 13.1 Å². The van der Waals surface area contributed by atoms with E-state index in [1.165, 1.54) is 6.07 Å². The van der Waals surface area contributed by atoms with E-state index >= 15 is 0 Å². The molecular formula is C26H29FN4O2. The summed E-state index contributed by atoms with van der Waals surface area (Å²) < 4.78 is 16.2. The average Bonchev–Trinajstić information content (AvgIpc) is 3.41. The van der Waals surface area contributed by atoms with E-state index in [1.807, 2.05) is 38.1 Å². The van der Waals surface area contributed by atoms with Crippen LogP contribution in [0.4, 0.5) is 4.39 Å². The minimum Gasteiger partial charge on any atom is -0.353 e. The topological polar surface area (TPSA) is 67.2 Å². The third kappa shape index (κ3) is 4.67. The molecule has 0 unspecified atom stereocenters. The molecule has 1 N–H and O–H groups in total. The number of carbonyl (C=O) groups excluding carboxylic acids is 2. The highest BCUT2D eigenvalue weighted by Gasteiger charge is 2.46. The van der Waals surface area contributed by atoms with E-state index in [9.17, 15) is 14.0 Å². The van der Waals surface area contributed by atoms with E-state index in [-0.39, 0.29) is 30.2 Å². The number of likely N-dealkylation sites (tertiary alicyclic amines) is 1. The summed E-state index contributed by atoms with van der Waals surface area (Å²) in [5, 5.41) is 7.28. The molecule has 0 saturated carbocycles. The number of hydrogen-bond acceptors (Lipinski definition) is 3. The molecule has 0 spiro atoms. The van der Waals surface area contributed by atoms with E-state index in [1.54, 1.807) is 47.1 Å². The van der Waals surface area contributed by atoms with Crippen LogP contribution in [0.5, 0.6) is 0 Å². The van der Waals surface area contributed by atoms with Crippen LogP contribution in [0.3, 0.4) is 0 Å². The second-order valence-electron chi connectivity index (χ2n) is 9.07. The monoisotopic (exact) mass is 448 g/mol. The summed E-state index contributed by atoms with van der Waals surface area (Å²) in [6.07, 6.45) is 2.66. The van der Waals surface area contributed by atoms with Gasteiger partial charge in [-0.25, -0.2) is 4.39 Å². The number of rotatable bonds is 6. The summed E-state index contributed by atoms with van der Waals surface area (Å²) in [5.74, 6) is -0.571. The predicted octanol–water partition coefficient (Wildman–Crippen LogP) is 3.83. The summed E-state index contributed by atoms with van der Waals surface area (Å²) >= 11 is 0. The van der Waals surface area contributed by atoms with Gasteiger partial charge >= 0.3 is 0 Å². The molecular weight excluding hydrogens is 419 g/mol. The summed E-state index contributed by atoms with van der Waals surface area (Å²) in [7, 11) is 1.76. The lowest BCUT2D eigenvalue weighted by atomic mass is 9.78. The second kappa shape index (κ2) is 9.17. The zero-order valence-corrected chi connectivity index (χ0v) is 19.2. The number of nitrogens with zero attached hydrogens (tertiary/aromatic N) is 3. The van der Waals surface area contributed by atoms with Crippen molar-refractivity contribution in [1.29, 1.82) is 0 Å². The van der Waals surface area contributed by atoms with Crippen molar-refractivity contribution in [1.82, 2.24) is 20.0 Å². The van der Waals surface area contributed by atoms with Gasteiger partial charge in [-0.3, -0.25) is 14.3 Å². The van der Waals surface area contributed by atoms with Gasteiger partial charge in [0.15, 0.2) is 0 Å². The van der Waals surface area contributed by atoms with E-state index in [0.29, 0.717) is 30.6 Å². The van der Waals surface area contributed by atoms with Gasteiger partial charge in [0, 0.05) is 37.9 Å². The first kappa shape index (κ1) is 22.7. The molecule has 1 aromatic heterocycles. The smallest absolute Gasteiger partial charge is 0.274 e. The minimum atomic E-state index is -0.809. The number of amides is 2. The first-order valence-corrected chi connectivity index (χ1v) is 11.2. The van der Waals surface area contributed by atoms with E-state index in [4.69, 9.17) is 0 Å². The number of aromatic nitrogens is 2. The Morgan fingerprint density at radius 2 is 1.79 bits per heavy atom. The van der Waals surface area contributed by atoms with Crippen LogP contribution in [0.1, 0.15) is 36.3 Å². The van der Waals surface area contributed by atoms with Gasteiger partial charge in [0.2, 0.25) is 5.91 Å². The zero-order chi connectivity index (χ0) is 23.6. The van der Waals surface area contributed by atoms with Crippen LogP contribution in [0.2, 0.25) is 0 Å². The largest absolute Gasteiger partial charge is 0.353 e. The molecule has 1 aliphatic rings. The Morgan fingerprint density at radius 1 is 1.09 bits per heavy atom. The molecule has 172 valence electrons. The van der Waals surface area contributed by atoms with Crippen molar-refractivity contribution in [2.24, 2.45) is 12.5 Å². The van der Waals surface area contributed by atoms with E-state index < -0.39 is 5.41 Å². The van der Waals surface area contributed by atoms with E-state index in [2.05, 4.69) is 10.4 Å².